The van der Waals surface area contributed by atoms with Crippen LogP contribution in [0, 0.1) is 5.92 Å². The summed E-state index contributed by atoms with van der Waals surface area (Å²) >= 11 is 1.49. The lowest BCUT2D eigenvalue weighted by Gasteiger charge is -2.25. The molecule has 1 atom stereocenters. The Balaban J connectivity index is 1.64. The molecule has 1 fully saturated rings. The molecule has 1 saturated heterocycles. The molecule has 4 rings (SSSR count). The second kappa shape index (κ2) is 10.4. The van der Waals surface area contributed by atoms with Crippen molar-refractivity contribution >= 4 is 45.0 Å². The van der Waals surface area contributed by atoms with Gasteiger partial charge in [0, 0.05) is 29.7 Å². The zero-order chi connectivity index (χ0) is 24.3. The van der Waals surface area contributed by atoms with Crippen LogP contribution in [0.5, 0.6) is 5.75 Å². The number of anilines is 2. The number of benzene rings is 2. The Morgan fingerprint density at radius 3 is 2.65 bits per heavy atom. The number of nitrogens with one attached hydrogen (secondary N) is 1. The molecule has 0 bridgehead atoms. The average molecular weight is 504 g/mol. The molecular weight excluding hydrogens is 474 g/mol. The fraction of sp³-hybridized carbons (Fsp3) is 0.417. The first kappa shape index (κ1) is 24.6. The summed E-state index contributed by atoms with van der Waals surface area (Å²) in [6, 6.07) is 12.0. The summed E-state index contributed by atoms with van der Waals surface area (Å²) < 4.78 is 33.3. The first-order valence-corrected chi connectivity index (χ1v) is 13.8. The summed E-state index contributed by atoms with van der Waals surface area (Å²) in [4.78, 5) is 28.6. The van der Waals surface area contributed by atoms with Gasteiger partial charge in [-0.25, -0.2) is 8.42 Å². The largest absolute Gasteiger partial charge is 0.492 e. The quantitative estimate of drug-likeness (QED) is 0.621. The number of para-hydroxylation sites is 2. The van der Waals surface area contributed by atoms with Gasteiger partial charge in [0.05, 0.1) is 22.9 Å². The van der Waals surface area contributed by atoms with E-state index in [-0.39, 0.29) is 23.3 Å². The van der Waals surface area contributed by atoms with E-state index in [2.05, 4.69) is 5.32 Å². The number of hydrogen-bond acceptors (Lipinski definition) is 6. The zero-order valence-electron chi connectivity index (χ0n) is 19.3. The van der Waals surface area contributed by atoms with E-state index >= 15 is 0 Å². The molecule has 2 aliphatic rings. The smallest absolute Gasteiger partial charge is 0.244 e. The minimum atomic E-state index is -3.66. The Morgan fingerprint density at radius 1 is 1.18 bits per heavy atom. The van der Waals surface area contributed by atoms with Gasteiger partial charge in [0.2, 0.25) is 21.8 Å². The molecule has 0 aliphatic carbocycles. The van der Waals surface area contributed by atoms with Crippen molar-refractivity contribution in [3.63, 3.8) is 0 Å². The molecule has 182 valence electrons. The van der Waals surface area contributed by atoms with E-state index in [4.69, 9.17) is 4.74 Å². The highest BCUT2D eigenvalue weighted by Crippen LogP contribution is 2.38. The summed E-state index contributed by atoms with van der Waals surface area (Å²) in [5.74, 6) is 0.173. The van der Waals surface area contributed by atoms with Gasteiger partial charge in [-0.3, -0.25) is 9.59 Å². The van der Waals surface area contributed by atoms with Crippen LogP contribution in [0.1, 0.15) is 26.7 Å². The van der Waals surface area contributed by atoms with Crippen molar-refractivity contribution in [3.05, 3.63) is 42.5 Å². The van der Waals surface area contributed by atoms with Gasteiger partial charge in [0.25, 0.3) is 0 Å². The fourth-order valence-corrected chi connectivity index (χ4v) is 6.68. The number of ether oxygens (including phenoxy) is 1. The number of rotatable bonds is 7. The topological polar surface area (TPSA) is 96.0 Å². The second-order valence-electron chi connectivity index (χ2n) is 8.35. The molecule has 2 aromatic rings. The van der Waals surface area contributed by atoms with Crippen LogP contribution in [0.25, 0.3) is 0 Å². The average Bonchev–Trinajstić information content (AvgIpc) is 3.35. The molecule has 34 heavy (non-hydrogen) atoms. The van der Waals surface area contributed by atoms with Gasteiger partial charge in [0.15, 0.2) is 0 Å². The van der Waals surface area contributed by atoms with Crippen LogP contribution in [-0.2, 0) is 19.6 Å². The van der Waals surface area contributed by atoms with Crippen LogP contribution < -0.4 is 15.0 Å². The van der Waals surface area contributed by atoms with Crippen molar-refractivity contribution < 1.29 is 22.7 Å². The Hall–Kier alpha value is -2.56. The number of sulfonamides is 1. The summed E-state index contributed by atoms with van der Waals surface area (Å²) in [6.45, 7) is 4.89. The molecule has 2 aliphatic heterocycles. The van der Waals surface area contributed by atoms with Gasteiger partial charge >= 0.3 is 0 Å². The maximum absolute atomic E-state index is 13.2. The summed E-state index contributed by atoms with van der Waals surface area (Å²) in [6.07, 6.45) is 1.68. The third-order valence-corrected chi connectivity index (χ3v) is 9.08. The number of carbonyl (C=O) groups excluding carboxylic acids is 2. The van der Waals surface area contributed by atoms with Crippen LogP contribution in [0.2, 0.25) is 0 Å². The Bertz CT molecular complexity index is 1180. The first-order valence-electron chi connectivity index (χ1n) is 11.4. The van der Waals surface area contributed by atoms with E-state index in [0.717, 1.165) is 17.7 Å². The predicted molar refractivity (Wildman–Crippen MR) is 133 cm³/mol. The van der Waals surface area contributed by atoms with E-state index in [0.29, 0.717) is 42.6 Å². The Labute approximate surface area is 204 Å². The maximum Gasteiger partial charge on any atom is 0.244 e. The molecule has 2 aromatic carbocycles. The van der Waals surface area contributed by atoms with Gasteiger partial charge in [-0.05, 0) is 50.1 Å². The lowest BCUT2D eigenvalue weighted by Crippen LogP contribution is -2.41. The van der Waals surface area contributed by atoms with Gasteiger partial charge < -0.3 is 15.0 Å². The molecular formula is C24H29N3O5S2. The molecule has 0 saturated carbocycles. The third-order valence-electron chi connectivity index (χ3n) is 5.86. The monoisotopic (exact) mass is 503 g/mol. The summed E-state index contributed by atoms with van der Waals surface area (Å²) in [5, 5.41) is 2.83. The molecule has 0 radical (unpaired) electrons. The van der Waals surface area contributed by atoms with Gasteiger partial charge in [-0.2, -0.15) is 4.31 Å². The van der Waals surface area contributed by atoms with Crippen molar-refractivity contribution in [2.75, 3.05) is 42.2 Å². The molecule has 8 nitrogen and oxygen atoms in total. The van der Waals surface area contributed by atoms with Crippen molar-refractivity contribution in [3.8, 4) is 5.75 Å². The summed E-state index contributed by atoms with van der Waals surface area (Å²) in [7, 11) is -3.66. The molecule has 0 unspecified atom stereocenters. The SMILES string of the molecule is CCOc1ccccc1NC(=O)CN1C(=O)[C@@H](C)CSc2ccc(S(=O)(=O)N3CCCC3)cc21. The van der Waals surface area contributed by atoms with Gasteiger partial charge in [-0.15, -0.1) is 11.8 Å². The van der Waals surface area contributed by atoms with Crippen molar-refractivity contribution in [2.24, 2.45) is 5.92 Å². The number of nitrogens with zero attached hydrogens (tertiary/aromatic N) is 2. The number of carbonyl (C=O) groups is 2. The number of hydrogen-bond donors (Lipinski definition) is 1. The van der Waals surface area contributed by atoms with Crippen molar-refractivity contribution in [1.29, 1.82) is 0 Å². The molecule has 2 heterocycles. The van der Waals surface area contributed by atoms with Crippen LogP contribution in [-0.4, -0.2) is 56.5 Å². The van der Waals surface area contributed by atoms with Crippen molar-refractivity contribution in [2.45, 2.75) is 36.5 Å². The number of amides is 2. The third kappa shape index (κ3) is 5.08. The molecule has 0 spiro atoms. The molecule has 0 aromatic heterocycles. The zero-order valence-corrected chi connectivity index (χ0v) is 21.0. The lowest BCUT2D eigenvalue weighted by atomic mass is 10.1. The lowest BCUT2D eigenvalue weighted by molar-refractivity contribution is -0.123. The van der Waals surface area contributed by atoms with E-state index in [1.807, 2.05) is 19.9 Å². The Kier molecular flexibility index (Phi) is 7.49. The number of fused-ring (bicyclic) bond motifs is 1. The standard InChI is InChI=1S/C24H29N3O5S2/c1-3-32-21-9-5-4-8-19(21)25-23(28)15-27-20-14-18(34(30,31)26-12-6-7-13-26)10-11-22(20)33-16-17(2)24(27)29/h4-5,8-11,14,17H,3,6-7,12-13,15-16H2,1-2H3,(H,25,28)/t17-/m0/s1. The fourth-order valence-electron chi connectivity index (χ4n) is 4.09. The van der Waals surface area contributed by atoms with Crippen LogP contribution >= 0.6 is 11.8 Å². The molecule has 1 N–H and O–H groups in total. The van der Waals surface area contributed by atoms with Crippen LogP contribution in [0.3, 0.4) is 0 Å². The van der Waals surface area contributed by atoms with E-state index < -0.39 is 15.9 Å². The van der Waals surface area contributed by atoms with Crippen molar-refractivity contribution in [1.82, 2.24) is 4.31 Å². The normalized spacial score (nSPS) is 18.9. The second-order valence-corrected chi connectivity index (χ2v) is 11.4. The van der Waals surface area contributed by atoms with Crippen LogP contribution in [0.4, 0.5) is 11.4 Å². The highest BCUT2D eigenvalue weighted by molar-refractivity contribution is 7.99. The minimum absolute atomic E-state index is 0.142. The molecule has 2 amide bonds. The van der Waals surface area contributed by atoms with Gasteiger partial charge in [-0.1, -0.05) is 19.1 Å². The van der Waals surface area contributed by atoms with Crippen LogP contribution in [0.15, 0.2) is 52.3 Å². The van der Waals surface area contributed by atoms with E-state index in [9.17, 15) is 18.0 Å². The van der Waals surface area contributed by atoms with E-state index in [1.165, 1.54) is 27.0 Å². The van der Waals surface area contributed by atoms with E-state index in [1.54, 1.807) is 30.3 Å². The first-order chi connectivity index (χ1) is 16.3. The summed E-state index contributed by atoms with van der Waals surface area (Å²) in [5.41, 5.74) is 0.970. The number of thioether (sulfide) groups is 1. The predicted octanol–water partition coefficient (Wildman–Crippen LogP) is 3.58. The highest BCUT2D eigenvalue weighted by atomic mass is 32.2. The maximum atomic E-state index is 13.2. The molecule has 10 heteroatoms. The Morgan fingerprint density at radius 2 is 1.91 bits per heavy atom. The highest BCUT2D eigenvalue weighted by Gasteiger charge is 2.33. The minimum Gasteiger partial charge on any atom is -0.492 e. The van der Waals surface area contributed by atoms with Gasteiger partial charge in [0.1, 0.15) is 12.3 Å².